The van der Waals surface area contributed by atoms with Crippen LogP contribution < -0.4 is 0 Å². The lowest BCUT2D eigenvalue weighted by molar-refractivity contribution is 0.101. The van der Waals surface area contributed by atoms with Crippen molar-refractivity contribution in [2.75, 3.05) is 0 Å². The van der Waals surface area contributed by atoms with Gasteiger partial charge < -0.3 is 4.42 Å². The third kappa shape index (κ3) is 1.75. The Morgan fingerprint density at radius 1 is 1.33 bits per heavy atom. The van der Waals surface area contributed by atoms with E-state index in [4.69, 9.17) is 4.42 Å². The number of aromatic nitrogens is 1. The molecule has 0 radical (unpaired) electrons. The van der Waals surface area contributed by atoms with Crippen LogP contribution >= 0.6 is 11.3 Å². The number of rotatable bonds is 2. The number of hydrogen-bond acceptors (Lipinski definition) is 4. The van der Waals surface area contributed by atoms with Crippen molar-refractivity contribution < 1.29 is 9.21 Å². The number of carbonyl (C=O) groups excluding carboxylic acids is 1. The minimum atomic E-state index is -0.157. The zero-order chi connectivity index (χ0) is 12.7. The van der Waals surface area contributed by atoms with Crippen molar-refractivity contribution in [3.63, 3.8) is 0 Å². The molecule has 0 bridgehead atoms. The molecule has 2 aromatic heterocycles. The smallest absolute Gasteiger partial charge is 0.247 e. The number of nitrogens with zero attached hydrogens (tertiary/aromatic N) is 1. The summed E-state index contributed by atoms with van der Waals surface area (Å²) in [6.07, 6.45) is 0. The normalized spacial score (nSPS) is 11.0. The maximum absolute atomic E-state index is 12.2. The van der Waals surface area contributed by atoms with Crippen LogP contribution in [-0.2, 0) is 0 Å². The topological polar surface area (TPSA) is 43.1 Å². The number of aryl methyl sites for hydroxylation is 2. The van der Waals surface area contributed by atoms with Crippen molar-refractivity contribution in [1.29, 1.82) is 0 Å². The summed E-state index contributed by atoms with van der Waals surface area (Å²) in [6, 6.07) is 7.63. The molecule has 0 N–H and O–H groups in total. The van der Waals surface area contributed by atoms with E-state index in [2.05, 4.69) is 4.98 Å². The van der Waals surface area contributed by atoms with Gasteiger partial charge in [-0.15, -0.1) is 11.3 Å². The molecule has 18 heavy (non-hydrogen) atoms. The second-order valence-corrected chi connectivity index (χ2v) is 5.25. The van der Waals surface area contributed by atoms with E-state index in [-0.39, 0.29) is 5.78 Å². The van der Waals surface area contributed by atoms with Crippen LogP contribution in [0.4, 0.5) is 0 Å². The summed E-state index contributed by atoms with van der Waals surface area (Å²) in [5.41, 5.74) is 2.25. The third-order valence-corrected chi connectivity index (χ3v) is 3.59. The summed E-state index contributed by atoms with van der Waals surface area (Å²) in [5.74, 6) is 0.194. The number of fused-ring (bicyclic) bond motifs is 1. The molecule has 0 unspecified atom stereocenters. The van der Waals surface area contributed by atoms with Gasteiger partial charge >= 0.3 is 0 Å². The van der Waals surface area contributed by atoms with Crippen molar-refractivity contribution in [2.45, 2.75) is 13.8 Å². The van der Waals surface area contributed by atoms with Gasteiger partial charge in [-0.25, -0.2) is 4.98 Å². The van der Waals surface area contributed by atoms with Crippen LogP contribution in [0, 0.1) is 13.8 Å². The van der Waals surface area contributed by atoms with E-state index in [9.17, 15) is 4.79 Å². The SMILES string of the molecule is Cc1nc(C(=O)c2cc3cccc(C)c3o2)cs1. The van der Waals surface area contributed by atoms with E-state index in [0.29, 0.717) is 11.5 Å². The Bertz CT molecular complexity index is 739. The molecule has 1 aromatic carbocycles. The maximum atomic E-state index is 12.2. The number of thiazole rings is 1. The lowest BCUT2D eigenvalue weighted by atomic mass is 10.1. The molecule has 0 amide bonds. The van der Waals surface area contributed by atoms with Crippen molar-refractivity contribution in [2.24, 2.45) is 0 Å². The van der Waals surface area contributed by atoms with E-state index in [0.717, 1.165) is 21.5 Å². The molecule has 0 saturated heterocycles. The van der Waals surface area contributed by atoms with E-state index in [1.807, 2.05) is 32.0 Å². The van der Waals surface area contributed by atoms with Crippen LogP contribution in [0.25, 0.3) is 11.0 Å². The average Bonchev–Trinajstić information content (AvgIpc) is 2.95. The first-order valence-corrected chi connectivity index (χ1v) is 6.49. The first-order chi connectivity index (χ1) is 8.65. The summed E-state index contributed by atoms with van der Waals surface area (Å²) in [5, 5.41) is 3.59. The van der Waals surface area contributed by atoms with Gasteiger partial charge in [0, 0.05) is 10.8 Å². The minimum absolute atomic E-state index is 0.157. The molecule has 3 rings (SSSR count). The third-order valence-electron chi connectivity index (χ3n) is 2.82. The Kier molecular flexibility index (Phi) is 2.52. The van der Waals surface area contributed by atoms with Crippen molar-refractivity contribution in [3.05, 3.63) is 51.7 Å². The van der Waals surface area contributed by atoms with Gasteiger partial charge in [-0.2, -0.15) is 0 Å². The predicted octanol–water partition coefficient (Wildman–Crippen LogP) is 3.74. The molecular weight excluding hydrogens is 246 g/mol. The monoisotopic (exact) mass is 257 g/mol. The fraction of sp³-hybridized carbons (Fsp3) is 0.143. The summed E-state index contributed by atoms with van der Waals surface area (Å²) in [7, 11) is 0. The van der Waals surface area contributed by atoms with E-state index in [1.54, 1.807) is 11.4 Å². The highest BCUT2D eigenvalue weighted by Crippen LogP contribution is 2.24. The number of carbonyl (C=O) groups is 1. The van der Waals surface area contributed by atoms with E-state index in [1.165, 1.54) is 11.3 Å². The zero-order valence-corrected chi connectivity index (χ0v) is 10.9. The molecule has 0 aliphatic carbocycles. The highest BCUT2D eigenvalue weighted by atomic mass is 32.1. The standard InChI is InChI=1S/C14H11NO2S/c1-8-4-3-5-10-6-12(17-14(8)10)13(16)11-7-18-9(2)15-11/h3-7H,1-2H3. The Labute approximate surface area is 108 Å². The molecule has 0 saturated carbocycles. The van der Waals surface area contributed by atoms with Gasteiger partial charge in [-0.05, 0) is 25.5 Å². The number of benzene rings is 1. The maximum Gasteiger partial charge on any atom is 0.247 e. The van der Waals surface area contributed by atoms with Crippen LogP contribution in [0.15, 0.2) is 34.1 Å². The fourth-order valence-electron chi connectivity index (χ4n) is 1.91. The number of furan rings is 1. The molecule has 0 aliphatic rings. The molecule has 0 spiro atoms. The second-order valence-electron chi connectivity index (χ2n) is 4.18. The molecule has 90 valence electrons. The number of ketones is 1. The molecular formula is C14H11NO2S. The lowest BCUT2D eigenvalue weighted by Crippen LogP contribution is -1.99. The van der Waals surface area contributed by atoms with Crippen molar-refractivity contribution in [1.82, 2.24) is 4.98 Å². The van der Waals surface area contributed by atoms with Crippen LogP contribution in [-0.4, -0.2) is 10.8 Å². The lowest BCUT2D eigenvalue weighted by Gasteiger charge is -1.92. The quantitative estimate of drug-likeness (QED) is 0.657. The molecule has 3 aromatic rings. The Balaban J connectivity index is 2.10. The Hall–Kier alpha value is -1.94. The van der Waals surface area contributed by atoms with Crippen LogP contribution in [0.1, 0.15) is 26.8 Å². The first kappa shape index (κ1) is 11.2. The molecule has 0 atom stereocenters. The van der Waals surface area contributed by atoms with Crippen LogP contribution in [0.5, 0.6) is 0 Å². The van der Waals surface area contributed by atoms with Gasteiger partial charge in [-0.1, -0.05) is 18.2 Å². The van der Waals surface area contributed by atoms with Crippen LogP contribution in [0.2, 0.25) is 0 Å². The summed E-state index contributed by atoms with van der Waals surface area (Å²) in [4.78, 5) is 16.4. The highest BCUT2D eigenvalue weighted by molar-refractivity contribution is 7.09. The van der Waals surface area contributed by atoms with Crippen molar-refractivity contribution in [3.8, 4) is 0 Å². The number of hydrogen-bond donors (Lipinski definition) is 0. The predicted molar refractivity (Wildman–Crippen MR) is 71.2 cm³/mol. The largest absolute Gasteiger partial charge is 0.452 e. The average molecular weight is 257 g/mol. The molecule has 4 heteroatoms. The summed E-state index contributed by atoms with van der Waals surface area (Å²) in [6.45, 7) is 3.84. The van der Waals surface area contributed by atoms with Gasteiger partial charge in [0.2, 0.25) is 5.78 Å². The van der Waals surface area contributed by atoms with E-state index >= 15 is 0 Å². The first-order valence-electron chi connectivity index (χ1n) is 5.61. The van der Waals surface area contributed by atoms with Gasteiger partial charge in [-0.3, -0.25) is 4.79 Å². The molecule has 3 nitrogen and oxygen atoms in total. The Morgan fingerprint density at radius 3 is 2.83 bits per heavy atom. The minimum Gasteiger partial charge on any atom is -0.452 e. The van der Waals surface area contributed by atoms with Gasteiger partial charge in [0.1, 0.15) is 11.3 Å². The second kappa shape index (κ2) is 4.07. The summed E-state index contributed by atoms with van der Waals surface area (Å²) >= 11 is 1.46. The van der Waals surface area contributed by atoms with Gasteiger partial charge in [0.05, 0.1) is 5.01 Å². The van der Waals surface area contributed by atoms with Gasteiger partial charge in [0.25, 0.3) is 0 Å². The van der Waals surface area contributed by atoms with Crippen molar-refractivity contribution >= 4 is 28.1 Å². The zero-order valence-electron chi connectivity index (χ0n) is 10.1. The highest BCUT2D eigenvalue weighted by Gasteiger charge is 2.17. The van der Waals surface area contributed by atoms with Gasteiger partial charge in [0.15, 0.2) is 5.76 Å². The molecule has 0 fully saturated rings. The number of para-hydroxylation sites is 1. The van der Waals surface area contributed by atoms with Crippen LogP contribution in [0.3, 0.4) is 0 Å². The molecule has 2 heterocycles. The molecule has 0 aliphatic heterocycles. The summed E-state index contributed by atoms with van der Waals surface area (Å²) < 4.78 is 5.64. The fourth-order valence-corrected chi connectivity index (χ4v) is 2.51. The Morgan fingerprint density at radius 2 is 2.17 bits per heavy atom. The van der Waals surface area contributed by atoms with E-state index < -0.39 is 0 Å².